The van der Waals surface area contributed by atoms with E-state index in [1.54, 1.807) is 6.92 Å². The summed E-state index contributed by atoms with van der Waals surface area (Å²) in [5.74, 6) is 13.2. The summed E-state index contributed by atoms with van der Waals surface area (Å²) in [7, 11) is 0. The van der Waals surface area contributed by atoms with Gasteiger partial charge in [-0.05, 0) is 314 Å². The summed E-state index contributed by atoms with van der Waals surface area (Å²) in [6.45, 7) is 17.0. The van der Waals surface area contributed by atoms with Gasteiger partial charge in [0.2, 0.25) is 0 Å². The Morgan fingerprint density at radius 3 is 0.920 bits per heavy atom. The number of fused-ring (bicyclic) bond motifs is 20. The van der Waals surface area contributed by atoms with Gasteiger partial charge in [0.1, 0.15) is 0 Å². The smallest absolute Gasteiger partial charge is 0.333 e. The monoisotopic (exact) mass is 1570 g/mol. The Balaban J connectivity index is 0.476. The lowest BCUT2D eigenvalue weighted by molar-refractivity contribution is -0.147. The first-order valence-corrected chi connectivity index (χ1v) is 46.9. The van der Waals surface area contributed by atoms with Crippen molar-refractivity contribution in [2.75, 3.05) is 52.9 Å². The van der Waals surface area contributed by atoms with Crippen molar-refractivity contribution in [1.82, 2.24) is 0 Å². The zero-order valence-electron chi connectivity index (χ0n) is 69.9. The first-order valence-electron chi connectivity index (χ1n) is 46.9. The minimum absolute atomic E-state index is 0.0381. The Morgan fingerprint density at radius 1 is 0.292 bits per heavy atom. The number of carbonyl (C=O) groups excluding carboxylic acids is 8. The summed E-state index contributed by atoms with van der Waals surface area (Å²) < 4.78 is 45.9. The molecule has 13 fully saturated rings. The van der Waals surface area contributed by atoms with Crippen LogP contribution in [-0.2, 0) is 76.3 Å². The molecule has 13 rings (SSSR count). The highest BCUT2D eigenvalue weighted by atomic mass is 16.6. The molecule has 0 heterocycles. The lowest BCUT2D eigenvalue weighted by Gasteiger charge is -2.44. The molecule has 0 aromatic heterocycles. The van der Waals surface area contributed by atoms with Gasteiger partial charge in [0.05, 0.1) is 52.9 Å². The Kier molecular flexibility index (Phi) is 31.7. The van der Waals surface area contributed by atoms with Crippen LogP contribution in [0, 0.1) is 166 Å². The van der Waals surface area contributed by atoms with Gasteiger partial charge < -0.3 is 37.9 Å². The second-order valence-corrected chi connectivity index (χ2v) is 39.8. The molecule has 113 heavy (non-hydrogen) atoms. The van der Waals surface area contributed by atoms with Crippen LogP contribution in [0.4, 0.5) is 0 Å². The standard InChI is InChI=1S/C97H146O16/c1-6-9-11-13-14-20-26-67-32-31-66(25-19-12-10-7-2)76(27-21-15-17-23-29-91(99)109-57-72-45-68-49-82(72)87-42-63(38-79(68)87)54-107-93(101)33-35-95(103)111-59-74-47-70-51-84(74)86-41-62(37-78(70)86)53-106-90(98)8-3)77(67)28-22-16-18-24-30-92(100)110-58-73-46-69-50-83(73)88-43-64(39-80(69)88)55-108-94(102)34-36-96(104)112-60-75-48-71-52-85(75)89-44-65(40-81(71)89)56-113-97(105)61(4)5/h8,33-36,62-89H,3-4,6-7,9-32,37-60H2,1-2,5H3/b35-33+,36-34+. The van der Waals surface area contributed by atoms with Crippen LogP contribution < -0.4 is 0 Å². The van der Waals surface area contributed by atoms with Gasteiger partial charge in [0, 0.05) is 48.8 Å². The lowest BCUT2D eigenvalue weighted by Crippen LogP contribution is -2.35. The minimum Gasteiger partial charge on any atom is -0.465 e. The van der Waals surface area contributed by atoms with Crippen LogP contribution in [-0.4, -0.2) is 101 Å². The maximum Gasteiger partial charge on any atom is 0.333 e. The number of rotatable bonds is 48. The van der Waals surface area contributed by atoms with E-state index in [1.807, 2.05) is 0 Å². The quantitative estimate of drug-likeness (QED) is 0.0240. The van der Waals surface area contributed by atoms with Crippen LogP contribution in [0.1, 0.15) is 290 Å². The molecule has 13 saturated carbocycles. The predicted molar refractivity (Wildman–Crippen MR) is 434 cm³/mol. The summed E-state index contributed by atoms with van der Waals surface area (Å²) in [6.07, 6.45) is 55.2. The van der Waals surface area contributed by atoms with Gasteiger partial charge in [-0.15, -0.1) is 0 Å². The first-order chi connectivity index (χ1) is 55.0. The fourth-order valence-corrected chi connectivity index (χ4v) is 28.2. The third kappa shape index (κ3) is 22.6. The molecule has 8 bridgehead atoms. The van der Waals surface area contributed by atoms with E-state index < -0.39 is 23.9 Å². The largest absolute Gasteiger partial charge is 0.465 e. The molecule has 0 saturated heterocycles. The number of hydrogen-bond acceptors (Lipinski definition) is 16. The molecule has 28 atom stereocenters. The molecular formula is C97H146O16. The van der Waals surface area contributed by atoms with Crippen molar-refractivity contribution in [3.63, 3.8) is 0 Å². The van der Waals surface area contributed by atoms with E-state index in [0.717, 1.165) is 126 Å². The number of ether oxygens (including phenoxy) is 8. The Labute approximate surface area is 678 Å². The molecular weight excluding hydrogens is 1420 g/mol. The lowest BCUT2D eigenvalue weighted by atomic mass is 9.61. The van der Waals surface area contributed by atoms with E-state index in [0.29, 0.717) is 213 Å². The average Bonchev–Trinajstić information content (AvgIpc) is 1.61. The van der Waals surface area contributed by atoms with Gasteiger partial charge in [-0.3, -0.25) is 9.59 Å². The first kappa shape index (κ1) is 85.6. The summed E-state index contributed by atoms with van der Waals surface area (Å²) in [5.41, 5.74) is 0.434. The molecule has 0 radical (unpaired) electrons. The number of hydrogen-bond donors (Lipinski definition) is 0. The van der Waals surface area contributed by atoms with Crippen LogP contribution in [0.15, 0.2) is 49.1 Å². The zero-order chi connectivity index (χ0) is 78.9. The molecule has 28 unspecified atom stereocenters. The van der Waals surface area contributed by atoms with Crippen LogP contribution in [0.25, 0.3) is 0 Å². The fraction of sp³-hybridized carbons (Fsp3) is 0.835. The minimum atomic E-state index is -0.497. The zero-order valence-corrected chi connectivity index (χ0v) is 69.9. The molecule has 0 aromatic rings. The van der Waals surface area contributed by atoms with Crippen molar-refractivity contribution in [2.24, 2.45) is 166 Å². The van der Waals surface area contributed by atoms with E-state index in [4.69, 9.17) is 37.9 Å². The molecule has 0 amide bonds. The van der Waals surface area contributed by atoms with Crippen molar-refractivity contribution in [2.45, 2.75) is 290 Å². The van der Waals surface area contributed by atoms with E-state index in [1.165, 1.54) is 184 Å². The van der Waals surface area contributed by atoms with Gasteiger partial charge in [-0.25, -0.2) is 28.8 Å². The van der Waals surface area contributed by atoms with Crippen molar-refractivity contribution in [3.05, 3.63) is 49.1 Å². The third-order valence-corrected chi connectivity index (χ3v) is 33.0. The molecule has 16 heteroatoms. The van der Waals surface area contributed by atoms with Gasteiger partial charge in [-0.2, -0.15) is 0 Å². The van der Waals surface area contributed by atoms with Crippen molar-refractivity contribution < 1.29 is 76.3 Å². The summed E-state index contributed by atoms with van der Waals surface area (Å²) in [6, 6.07) is 0. The molecule has 13 aliphatic rings. The van der Waals surface area contributed by atoms with E-state index in [9.17, 15) is 38.4 Å². The molecule has 0 aromatic carbocycles. The van der Waals surface area contributed by atoms with Crippen LogP contribution in [0.2, 0.25) is 0 Å². The topological polar surface area (TPSA) is 210 Å². The van der Waals surface area contributed by atoms with Crippen LogP contribution in [0.5, 0.6) is 0 Å². The van der Waals surface area contributed by atoms with E-state index in [-0.39, 0.29) is 23.9 Å². The highest BCUT2D eigenvalue weighted by Crippen LogP contribution is 2.66. The van der Waals surface area contributed by atoms with Crippen molar-refractivity contribution in [1.29, 1.82) is 0 Å². The second kappa shape index (κ2) is 41.9. The maximum atomic E-state index is 13.4. The highest BCUT2D eigenvalue weighted by molar-refractivity contribution is 5.92. The molecule has 0 N–H and O–H groups in total. The fourth-order valence-electron chi connectivity index (χ4n) is 28.2. The number of unbranched alkanes of at least 4 members (excludes halogenated alkanes) is 14. The highest BCUT2D eigenvalue weighted by Gasteiger charge is 2.60. The molecule has 13 aliphatic carbocycles. The molecule has 16 nitrogen and oxygen atoms in total. The van der Waals surface area contributed by atoms with Crippen LogP contribution >= 0.6 is 0 Å². The molecule has 630 valence electrons. The normalized spacial score (nSPS) is 36.9. The van der Waals surface area contributed by atoms with Crippen LogP contribution in [0.3, 0.4) is 0 Å². The SMILES string of the molecule is C=CC(=O)OCC1CC2C3CC(COC(=O)/C=C/C(=O)OCC4CC5C6CC(COC(=O)CCCCCCC7C(CCCCCC)CCC(CCCCCCCC)C7CCCCCCC(=O)OCC7CC8CC7C7CC(COC(=O)/C=C/C(=O)OCC9CC%10CC9C9CC(COC(=O)C(=C)C)CC%109)CC87)C(C6)C5C4)C(C3)C2C1. The number of esters is 8. The van der Waals surface area contributed by atoms with E-state index >= 15 is 0 Å². The van der Waals surface area contributed by atoms with Gasteiger partial charge in [0.15, 0.2) is 0 Å². The van der Waals surface area contributed by atoms with E-state index in [2.05, 4.69) is 27.0 Å². The Hall–Kier alpha value is -5.28. The summed E-state index contributed by atoms with van der Waals surface area (Å²) >= 11 is 0. The van der Waals surface area contributed by atoms with Gasteiger partial charge in [0.25, 0.3) is 0 Å². The van der Waals surface area contributed by atoms with Gasteiger partial charge >= 0.3 is 47.8 Å². The summed E-state index contributed by atoms with van der Waals surface area (Å²) in [5, 5.41) is 0. The van der Waals surface area contributed by atoms with Crippen molar-refractivity contribution >= 4 is 47.8 Å². The summed E-state index contributed by atoms with van der Waals surface area (Å²) in [4.78, 5) is 102. The Morgan fingerprint density at radius 2 is 0.575 bits per heavy atom. The molecule has 0 aliphatic heterocycles. The third-order valence-electron chi connectivity index (χ3n) is 33.0. The maximum absolute atomic E-state index is 13.4. The number of carbonyl (C=O) groups is 8. The van der Waals surface area contributed by atoms with Gasteiger partial charge in [-0.1, -0.05) is 143 Å². The molecule has 0 spiro atoms. The predicted octanol–water partition coefficient (Wildman–Crippen LogP) is 20.1. The average molecular weight is 1570 g/mol. The second-order valence-electron chi connectivity index (χ2n) is 39.8. The Bertz CT molecular complexity index is 3240. The van der Waals surface area contributed by atoms with Crippen molar-refractivity contribution in [3.8, 4) is 0 Å².